The van der Waals surface area contributed by atoms with E-state index in [2.05, 4.69) is 0 Å². The van der Waals surface area contributed by atoms with Gasteiger partial charge in [0.05, 0.1) is 0 Å². The quantitative estimate of drug-likeness (QED) is 0.554. The summed E-state index contributed by atoms with van der Waals surface area (Å²) in [4.78, 5) is 21.4. The molecule has 1 heterocycles. The first kappa shape index (κ1) is 5.08. The largest absolute Gasteiger partial charge is 0.480 e. The molecule has 0 aromatic carbocycles. The van der Waals surface area contributed by atoms with Gasteiger partial charge in [0.15, 0.2) is 5.37 Å². The van der Waals surface area contributed by atoms with Crippen LogP contribution in [0.25, 0.3) is 0 Å². The van der Waals surface area contributed by atoms with Crippen molar-refractivity contribution in [2.75, 3.05) is 5.70 Å². The van der Waals surface area contributed by atoms with Crippen LogP contribution in [0, 0.1) is 0 Å². The molecule has 1 aliphatic heterocycles. The fraction of sp³-hybridized carbons (Fsp3) is 0.667. The minimum Gasteiger partial charge on any atom is -0.480 e. The SMILES string of the molecule is [2H]C1([2H])SC(C(=O)O)N[C@H](C(=O)O)C1([2H])[2H]. The van der Waals surface area contributed by atoms with E-state index < -0.39 is 35.4 Å². The fourth-order valence-corrected chi connectivity index (χ4v) is 1.24. The molecule has 3 N–H and O–H groups in total. The van der Waals surface area contributed by atoms with Gasteiger partial charge in [0.25, 0.3) is 0 Å². The van der Waals surface area contributed by atoms with Gasteiger partial charge in [0.2, 0.25) is 0 Å². The lowest BCUT2D eigenvalue weighted by Gasteiger charge is -2.24. The van der Waals surface area contributed by atoms with Crippen LogP contribution in [0.5, 0.6) is 0 Å². The van der Waals surface area contributed by atoms with Crippen LogP contribution < -0.4 is 5.32 Å². The molecule has 0 saturated carbocycles. The first-order valence-electron chi connectivity index (χ1n) is 4.99. The normalized spacial score (nSPS) is 43.0. The van der Waals surface area contributed by atoms with E-state index in [9.17, 15) is 9.59 Å². The van der Waals surface area contributed by atoms with Crippen LogP contribution in [-0.2, 0) is 9.59 Å². The van der Waals surface area contributed by atoms with Gasteiger partial charge in [-0.15, -0.1) is 11.8 Å². The zero-order valence-corrected chi connectivity index (χ0v) is 6.59. The Kier molecular flexibility index (Phi) is 1.60. The van der Waals surface area contributed by atoms with Crippen LogP contribution in [0.15, 0.2) is 0 Å². The van der Waals surface area contributed by atoms with Crippen LogP contribution in [0.4, 0.5) is 0 Å². The highest BCUT2D eigenvalue weighted by Crippen LogP contribution is 2.18. The maximum Gasteiger partial charge on any atom is 0.331 e. The molecule has 0 aliphatic carbocycles. The highest BCUT2D eigenvalue weighted by Gasteiger charge is 2.30. The van der Waals surface area contributed by atoms with Crippen LogP contribution in [0.3, 0.4) is 0 Å². The van der Waals surface area contributed by atoms with Gasteiger partial charge in [0.1, 0.15) is 6.04 Å². The molecule has 0 aromatic heterocycles. The van der Waals surface area contributed by atoms with Crippen molar-refractivity contribution in [1.82, 2.24) is 5.32 Å². The molecule has 0 bridgehead atoms. The van der Waals surface area contributed by atoms with Gasteiger partial charge in [-0.1, -0.05) is 0 Å². The molecule has 2 atom stereocenters. The van der Waals surface area contributed by atoms with E-state index in [0.29, 0.717) is 0 Å². The van der Waals surface area contributed by atoms with E-state index >= 15 is 0 Å². The van der Waals surface area contributed by atoms with Gasteiger partial charge in [0, 0.05) is 5.48 Å². The molecular formula is C6H9NO4S. The van der Waals surface area contributed by atoms with Crippen LogP contribution in [-0.4, -0.2) is 39.3 Å². The number of aliphatic carboxylic acids is 2. The number of rotatable bonds is 2. The number of thioether (sulfide) groups is 1. The Morgan fingerprint density at radius 2 is 2.17 bits per heavy atom. The minimum absolute atomic E-state index is 0.209. The second-order valence-electron chi connectivity index (χ2n) is 2.02. The van der Waals surface area contributed by atoms with Gasteiger partial charge in [-0.05, 0) is 12.1 Å². The van der Waals surface area contributed by atoms with E-state index in [-0.39, 0.29) is 11.8 Å². The van der Waals surface area contributed by atoms with Crippen molar-refractivity contribution in [3.05, 3.63) is 0 Å². The summed E-state index contributed by atoms with van der Waals surface area (Å²) in [7, 11) is 0. The Balaban J connectivity index is 3.08. The summed E-state index contributed by atoms with van der Waals surface area (Å²) in [5.74, 6) is -3.06. The maximum atomic E-state index is 10.8. The predicted molar refractivity (Wildman–Crippen MR) is 43.1 cm³/mol. The lowest BCUT2D eigenvalue weighted by molar-refractivity contribution is -0.141. The summed E-state index contributed by atoms with van der Waals surface area (Å²) in [5.41, 5.74) is -2.59. The van der Waals surface area contributed by atoms with Crippen molar-refractivity contribution in [3.8, 4) is 0 Å². The average molecular weight is 195 g/mol. The van der Waals surface area contributed by atoms with Crippen LogP contribution in [0.1, 0.15) is 11.9 Å². The summed E-state index contributed by atoms with van der Waals surface area (Å²) < 4.78 is 29.5. The van der Waals surface area contributed by atoms with E-state index in [4.69, 9.17) is 15.7 Å². The summed E-state index contributed by atoms with van der Waals surface area (Å²) in [6.07, 6.45) is -2.70. The molecule has 0 amide bonds. The third kappa shape index (κ3) is 2.12. The summed E-state index contributed by atoms with van der Waals surface area (Å²) >= 11 is 0.209. The summed E-state index contributed by atoms with van der Waals surface area (Å²) in [6.45, 7) is 0. The van der Waals surface area contributed by atoms with E-state index in [0.717, 1.165) is 0 Å². The standard InChI is InChI=1S/C6H9NO4S/c8-5(9)3-1-2-12-4(7-3)6(10)11/h3-4,7H,1-2H2,(H,8,9)(H,10,11)/t3-,4?/m0/s1/i1D2,2D2. The Hall–Kier alpha value is -0.750. The van der Waals surface area contributed by atoms with Crippen LogP contribution in [0.2, 0.25) is 0 Å². The van der Waals surface area contributed by atoms with Gasteiger partial charge in [-0.25, -0.2) is 4.79 Å². The molecular weight excluding hydrogens is 182 g/mol. The molecule has 68 valence electrons. The molecule has 12 heavy (non-hydrogen) atoms. The molecule has 1 fully saturated rings. The Bertz CT molecular complexity index is 336. The molecule has 0 radical (unpaired) electrons. The van der Waals surface area contributed by atoms with Gasteiger partial charge < -0.3 is 10.2 Å². The molecule has 1 saturated heterocycles. The maximum absolute atomic E-state index is 10.8. The zero-order valence-electron chi connectivity index (χ0n) is 9.77. The lowest BCUT2D eigenvalue weighted by atomic mass is 10.2. The van der Waals surface area contributed by atoms with Gasteiger partial charge in [-0.3, -0.25) is 10.1 Å². The second kappa shape index (κ2) is 3.77. The van der Waals surface area contributed by atoms with Crippen molar-refractivity contribution >= 4 is 23.7 Å². The monoisotopic (exact) mass is 195 g/mol. The average Bonchev–Trinajstić information content (AvgIpc) is 2.08. The highest BCUT2D eigenvalue weighted by atomic mass is 32.2. The number of hydrogen-bond acceptors (Lipinski definition) is 4. The topological polar surface area (TPSA) is 86.6 Å². The first-order valence-corrected chi connectivity index (χ1v) is 3.87. The Labute approximate surface area is 78.8 Å². The smallest absolute Gasteiger partial charge is 0.331 e. The van der Waals surface area contributed by atoms with Crippen molar-refractivity contribution < 1.29 is 25.3 Å². The van der Waals surface area contributed by atoms with E-state index in [1.807, 2.05) is 5.32 Å². The third-order valence-corrected chi connectivity index (χ3v) is 1.98. The van der Waals surface area contributed by atoms with Gasteiger partial charge in [-0.2, -0.15) is 0 Å². The number of carbonyl (C=O) groups is 2. The molecule has 0 spiro atoms. The zero-order chi connectivity index (χ0) is 12.7. The molecule has 6 heteroatoms. The minimum atomic E-state index is -2.70. The van der Waals surface area contributed by atoms with E-state index in [1.54, 1.807) is 0 Å². The van der Waals surface area contributed by atoms with Crippen molar-refractivity contribution in [3.63, 3.8) is 0 Å². The molecule has 5 nitrogen and oxygen atoms in total. The van der Waals surface area contributed by atoms with E-state index in [1.165, 1.54) is 0 Å². The Morgan fingerprint density at radius 3 is 2.67 bits per heavy atom. The number of hydrogen-bond donors (Lipinski definition) is 3. The van der Waals surface area contributed by atoms with Gasteiger partial charge >= 0.3 is 11.9 Å². The molecule has 1 unspecified atom stereocenters. The molecule has 1 aliphatic rings. The number of nitrogens with one attached hydrogen (secondary N) is 1. The van der Waals surface area contributed by atoms with Crippen LogP contribution >= 0.6 is 11.8 Å². The summed E-state index contributed by atoms with van der Waals surface area (Å²) in [5, 5.41) is 18.0. The number of carboxylic acids is 2. The molecule has 0 aromatic rings. The first-order chi connectivity index (χ1) is 7.09. The molecule has 1 rings (SSSR count). The second-order valence-corrected chi connectivity index (χ2v) is 2.93. The predicted octanol–water partition coefficient (Wildman–Crippen LogP) is -0.423. The third-order valence-electron chi connectivity index (χ3n) is 1.17. The summed E-state index contributed by atoms with van der Waals surface area (Å²) in [6, 6.07) is -1.90. The lowest BCUT2D eigenvalue weighted by Crippen LogP contribution is -2.49. The van der Waals surface area contributed by atoms with Crippen molar-refractivity contribution in [2.45, 2.75) is 17.8 Å². The van der Waals surface area contributed by atoms with Crippen molar-refractivity contribution in [2.24, 2.45) is 0 Å². The van der Waals surface area contributed by atoms with Crippen molar-refractivity contribution in [1.29, 1.82) is 0 Å². The number of carboxylic acid groups (broad SMARTS) is 2. The Morgan fingerprint density at radius 1 is 1.50 bits per heavy atom. The highest BCUT2D eigenvalue weighted by molar-refractivity contribution is 8.00. The fourth-order valence-electron chi connectivity index (χ4n) is 0.634.